The molecule has 22 heavy (non-hydrogen) atoms. The van der Waals surface area contributed by atoms with Crippen molar-refractivity contribution >= 4 is 11.6 Å². The molecule has 1 aromatic heterocycles. The van der Waals surface area contributed by atoms with Crippen molar-refractivity contribution in [2.75, 3.05) is 6.61 Å². The Morgan fingerprint density at radius 1 is 1.50 bits per heavy atom. The third-order valence-electron chi connectivity index (χ3n) is 3.96. The molecule has 0 aliphatic heterocycles. The van der Waals surface area contributed by atoms with Gasteiger partial charge in [-0.2, -0.15) is 0 Å². The summed E-state index contributed by atoms with van der Waals surface area (Å²) in [6.45, 7) is 3.57. The molecule has 1 N–H and O–H groups in total. The Kier molecular flexibility index (Phi) is 5.30. The van der Waals surface area contributed by atoms with Crippen LogP contribution in [0.1, 0.15) is 38.2 Å². The maximum absolute atomic E-state index is 11.9. The van der Waals surface area contributed by atoms with E-state index in [4.69, 9.17) is 4.74 Å². The third-order valence-corrected chi connectivity index (χ3v) is 3.96. The molecule has 1 amide bonds. The maximum atomic E-state index is 11.9. The van der Waals surface area contributed by atoms with E-state index in [1.54, 1.807) is 6.92 Å². The zero-order valence-corrected chi connectivity index (χ0v) is 12.9. The molecule has 0 saturated heterocycles. The monoisotopic (exact) mass is 307 g/mol. The standard InChI is InChI=1S/C15H21N3O4/c1-10-7-13(18(20)21)15(16-8-10)22-9-14(19)17-12-6-4-3-5-11(12)2/h7-8,11-12H,3-6,9H2,1-2H3,(H,17,19)/t11-,12+/m1/s1. The lowest BCUT2D eigenvalue weighted by Crippen LogP contribution is -2.43. The number of aryl methyl sites for hydroxylation is 1. The Bertz CT molecular complexity index is 562. The van der Waals surface area contributed by atoms with E-state index in [0.717, 1.165) is 19.3 Å². The molecule has 0 bridgehead atoms. The highest BCUT2D eigenvalue weighted by Gasteiger charge is 2.24. The van der Waals surface area contributed by atoms with Crippen LogP contribution in [0.5, 0.6) is 5.88 Å². The van der Waals surface area contributed by atoms with Crippen LogP contribution < -0.4 is 10.1 Å². The minimum Gasteiger partial charge on any atom is -0.463 e. The lowest BCUT2D eigenvalue weighted by molar-refractivity contribution is -0.386. The van der Waals surface area contributed by atoms with Crippen molar-refractivity contribution in [1.29, 1.82) is 0 Å². The Labute approximate surface area is 129 Å². The number of nitro groups is 1. The Balaban J connectivity index is 1.92. The van der Waals surface area contributed by atoms with Gasteiger partial charge in [0.05, 0.1) is 4.92 Å². The number of pyridine rings is 1. The normalized spacial score (nSPS) is 21.2. The van der Waals surface area contributed by atoms with Crippen molar-refractivity contribution in [3.05, 3.63) is 27.9 Å². The summed E-state index contributed by atoms with van der Waals surface area (Å²) in [7, 11) is 0. The van der Waals surface area contributed by atoms with Crippen molar-refractivity contribution in [1.82, 2.24) is 10.3 Å². The van der Waals surface area contributed by atoms with Crippen LogP contribution in [0.25, 0.3) is 0 Å². The fourth-order valence-corrected chi connectivity index (χ4v) is 2.70. The molecule has 120 valence electrons. The summed E-state index contributed by atoms with van der Waals surface area (Å²) >= 11 is 0. The highest BCUT2D eigenvalue weighted by molar-refractivity contribution is 5.78. The average Bonchev–Trinajstić information content (AvgIpc) is 2.48. The van der Waals surface area contributed by atoms with Crippen molar-refractivity contribution in [2.24, 2.45) is 5.92 Å². The van der Waals surface area contributed by atoms with Gasteiger partial charge in [0.2, 0.25) is 0 Å². The molecule has 7 nitrogen and oxygen atoms in total. The number of nitrogens with one attached hydrogen (secondary N) is 1. The van der Waals surface area contributed by atoms with Crippen LogP contribution in [-0.2, 0) is 4.79 Å². The first-order valence-corrected chi connectivity index (χ1v) is 7.50. The van der Waals surface area contributed by atoms with E-state index in [2.05, 4.69) is 17.2 Å². The van der Waals surface area contributed by atoms with E-state index in [-0.39, 0.29) is 30.1 Å². The predicted molar refractivity (Wildman–Crippen MR) is 80.7 cm³/mol. The van der Waals surface area contributed by atoms with E-state index in [1.807, 2.05) is 0 Å². The third kappa shape index (κ3) is 4.16. The average molecular weight is 307 g/mol. The lowest BCUT2D eigenvalue weighted by Gasteiger charge is -2.29. The molecule has 1 saturated carbocycles. The molecule has 0 spiro atoms. The first-order valence-electron chi connectivity index (χ1n) is 7.50. The van der Waals surface area contributed by atoms with Crippen LogP contribution in [-0.4, -0.2) is 28.5 Å². The van der Waals surface area contributed by atoms with Crippen molar-refractivity contribution in [2.45, 2.75) is 45.6 Å². The highest BCUT2D eigenvalue weighted by Crippen LogP contribution is 2.25. The molecule has 2 rings (SSSR count). The number of aromatic nitrogens is 1. The quantitative estimate of drug-likeness (QED) is 0.665. The number of ether oxygens (including phenoxy) is 1. The Morgan fingerprint density at radius 2 is 2.23 bits per heavy atom. The summed E-state index contributed by atoms with van der Waals surface area (Å²) in [4.78, 5) is 26.2. The molecule has 0 aromatic carbocycles. The zero-order chi connectivity index (χ0) is 16.1. The molecule has 1 aliphatic rings. The predicted octanol–water partition coefficient (Wildman–Crippen LogP) is 2.37. The topological polar surface area (TPSA) is 94.4 Å². The minimum absolute atomic E-state index is 0.123. The molecule has 1 aliphatic carbocycles. The van der Waals surface area contributed by atoms with Gasteiger partial charge in [-0.25, -0.2) is 4.98 Å². The van der Waals surface area contributed by atoms with E-state index in [0.29, 0.717) is 11.5 Å². The van der Waals surface area contributed by atoms with Gasteiger partial charge in [0, 0.05) is 18.3 Å². The fraction of sp³-hybridized carbons (Fsp3) is 0.600. The first kappa shape index (κ1) is 16.2. The second-order valence-electron chi connectivity index (χ2n) is 5.82. The van der Waals surface area contributed by atoms with Gasteiger partial charge in [0.25, 0.3) is 11.8 Å². The van der Waals surface area contributed by atoms with Crippen LogP contribution in [0.4, 0.5) is 5.69 Å². The van der Waals surface area contributed by atoms with Crippen molar-refractivity contribution in [3.63, 3.8) is 0 Å². The minimum atomic E-state index is -0.559. The molecule has 1 heterocycles. The summed E-state index contributed by atoms with van der Waals surface area (Å²) in [6.07, 6.45) is 5.86. The molecule has 1 fully saturated rings. The lowest BCUT2D eigenvalue weighted by atomic mass is 9.86. The summed E-state index contributed by atoms with van der Waals surface area (Å²) < 4.78 is 5.23. The van der Waals surface area contributed by atoms with Crippen molar-refractivity contribution in [3.8, 4) is 5.88 Å². The van der Waals surface area contributed by atoms with Gasteiger partial charge in [-0.3, -0.25) is 14.9 Å². The van der Waals surface area contributed by atoms with E-state index in [1.165, 1.54) is 18.7 Å². The van der Waals surface area contributed by atoms with Gasteiger partial charge in [0.1, 0.15) is 0 Å². The smallest absolute Gasteiger partial charge is 0.331 e. The van der Waals surface area contributed by atoms with E-state index < -0.39 is 4.92 Å². The molecule has 0 unspecified atom stereocenters. The number of amides is 1. The highest BCUT2D eigenvalue weighted by atomic mass is 16.6. The number of nitrogens with zero attached hydrogens (tertiary/aromatic N) is 2. The van der Waals surface area contributed by atoms with Gasteiger partial charge < -0.3 is 10.1 Å². The summed E-state index contributed by atoms with van der Waals surface area (Å²) in [5.74, 6) is 0.0578. The van der Waals surface area contributed by atoms with Crippen LogP contribution in [0.3, 0.4) is 0 Å². The molecule has 2 atom stereocenters. The largest absolute Gasteiger partial charge is 0.463 e. The maximum Gasteiger partial charge on any atom is 0.331 e. The molecular weight excluding hydrogens is 286 g/mol. The van der Waals surface area contributed by atoms with Gasteiger partial charge in [-0.05, 0) is 31.2 Å². The van der Waals surface area contributed by atoms with Crippen LogP contribution >= 0.6 is 0 Å². The zero-order valence-electron chi connectivity index (χ0n) is 12.9. The van der Waals surface area contributed by atoms with E-state index in [9.17, 15) is 14.9 Å². The first-order chi connectivity index (χ1) is 10.5. The SMILES string of the molecule is Cc1cnc(OCC(=O)N[C@H]2CCCC[C@H]2C)c([N+](=O)[O-])c1. The molecular formula is C15H21N3O4. The summed E-state index contributed by atoms with van der Waals surface area (Å²) in [5.41, 5.74) is 0.443. The van der Waals surface area contributed by atoms with Crippen LogP contribution in [0, 0.1) is 23.0 Å². The fourth-order valence-electron chi connectivity index (χ4n) is 2.70. The Hall–Kier alpha value is -2.18. The summed E-state index contributed by atoms with van der Waals surface area (Å²) in [5, 5.41) is 13.9. The number of hydrogen-bond acceptors (Lipinski definition) is 5. The van der Waals surface area contributed by atoms with Crippen LogP contribution in [0.15, 0.2) is 12.3 Å². The molecule has 0 radical (unpaired) electrons. The second-order valence-corrected chi connectivity index (χ2v) is 5.82. The Morgan fingerprint density at radius 3 is 2.91 bits per heavy atom. The second kappa shape index (κ2) is 7.20. The number of carbonyl (C=O) groups is 1. The molecule has 7 heteroatoms. The molecule has 1 aromatic rings. The number of hydrogen-bond donors (Lipinski definition) is 1. The van der Waals surface area contributed by atoms with Gasteiger partial charge in [-0.1, -0.05) is 19.8 Å². The number of rotatable bonds is 5. The van der Waals surface area contributed by atoms with Crippen molar-refractivity contribution < 1.29 is 14.5 Å². The summed E-state index contributed by atoms with van der Waals surface area (Å²) in [6, 6.07) is 1.54. The van der Waals surface area contributed by atoms with Gasteiger partial charge in [-0.15, -0.1) is 0 Å². The van der Waals surface area contributed by atoms with Gasteiger partial charge >= 0.3 is 5.69 Å². The van der Waals surface area contributed by atoms with E-state index >= 15 is 0 Å². The number of carbonyl (C=O) groups excluding carboxylic acids is 1. The van der Waals surface area contributed by atoms with Crippen LogP contribution in [0.2, 0.25) is 0 Å². The van der Waals surface area contributed by atoms with Gasteiger partial charge in [0.15, 0.2) is 6.61 Å².